The van der Waals surface area contributed by atoms with E-state index < -0.39 is 5.54 Å². The van der Waals surface area contributed by atoms with Crippen molar-refractivity contribution in [2.75, 3.05) is 11.9 Å². The number of para-hydroxylation sites is 1. The zero-order valence-corrected chi connectivity index (χ0v) is 11.7. The van der Waals surface area contributed by atoms with Crippen LogP contribution in [0.3, 0.4) is 0 Å². The summed E-state index contributed by atoms with van der Waals surface area (Å²) in [5.41, 5.74) is 1.95. The summed E-state index contributed by atoms with van der Waals surface area (Å²) in [7, 11) is 0. The van der Waals surface area contributed by atoms with Crippen molar-refractivity contribution in [2.45, 2.75) is 25.8 Å². The Morgan fingerprint density at radius 2 is 2.00 bits per heavy atom. The molecule has 0 bridgehead atoms. The molecule has 2 aromatic rings. The van der Waals surface area contributed by atoms with Gasteiger partial charge < -0.3 is 10.4 Å². The van der Waals surface area contributed by atoms with Gasteiger partial charge in [-0.3, -0.25) is 4.98 Å². The number of nitrogens with one attached hydrogen (secondary N) is 1. The molecule has 0 aliphatic rings. The first-order chi connectivity index (χ1) is 9.61. The lowest BCUT2D eigenvalue weighted by atomic mass is 9.91. The molecule has 0 saturated carbocycles. The van der Waals surface area contributed by atoms with Crippen LogP contribution in [0.2, 0.25) is 0 Å². The van der Waals surface area contributed by atoms with Crippen LogP contribution >= 0.6 is 0 Å². The SMILES string of the molecule is CCC(CO)(Nc1ccccc1C)c1ccc(F)cn1. The summed E-state index contributed by atoms with van der Waals surface area (Å²) in [6.45, 7) is 3.85. The van der Waals surface area contributed by atoms with Gasteiger partial charge in [-0.25, -0.2) is 4.39 Å². The molecule has 0 saturated heterocycles. The second-order valence-electron chi connectivity index (χ2n) is 4.90. The van der Waals surface area contributed by atoms with Crippen LogP contribution in [-0.4, -0.2) is 16.7 Å². The zero-order valence-electron chi connectivity index (χ0n) is 11.7. The highest BCUT2D eigenvalue weighted by Gasteiger charge is 2.31. The maximum absolute atomic E-state index is 13.0. The van der Waals surface area contributed by atoms with Crippen LogP contribution in [0.15, 0.2) is 42.6 Å². The quantitative estimate of drug-likeness (QED) is 0.879. The lowest BCUT2D eigenvalue weighted by Crippen LogP contribution is -2.39. The van der Waals surface area contributed by atoms with Gasteiger partial charge >= 0.3 is 0 Å². The standard InChI is InChI=1S/C16H19FN2O/c1-3-16(11-20,15-9-8-13(17)10-18-15)19-14-7-5-4-6-12(14)2/h4-10,19-20H,3,11H2,1-2H3. The maximum Gasteiger partial charge on any atom is 0.141 e. The van der Waals surface area contributed by atoms with Crippen LogP contribution in [0.4, 0.5) is 10.1 Å². The van der Waals surface area contributed by atoms with Crippen LogP contribution in [0.1, 0.15) is 24.6 Å². The van der Waals surface area contributed by atoms with Crippen LogP contribution in [0.25, 0.3) is 0 Å². The van der Waals surface area contributed by atoms with E-state index in [9.17, 15) is 9.50 Å². The number of aliphatic hydroxyl groups excluding tert-OH is 1. The van der Waals surface area contributed by atoms with Crippen LogP contribution in [-0.2, 0) is 5.54 Å². The number of aromatic nitrogens is 1. The molecule has 0 aliphatic carbocycles. The average Bonchev–Trinajstić information content (AvgIpc) is 2.48. The summed E-state index contributed by atoms with van der Waals surface area (Å²) in [6.07, 6.45) is 1.81. The molecule has 1 unspecified atom stereocenters. The smallest absolute Gasteiger partial charge is 0.141 e. The molecule has 1 atom stereocenters. The Balaban J connectivity index is 2.39. The topological polar surface area (TPSA) is 45.1 Å². The molecule has 3 nitrogen and oxygen atoms in total. The lowest BCUT2D eigenvalue weighted by molar-refractivity contribution is 0.204. The van der Waals surface area contributed by atoms with Gasteiger partial charge in [0.25, 0.3) is 0 Å². The van der Waals surface area contributed by atoms with Gasteiger partial charge in [0.15, 0.2) is 0 Å². The van der Waals surface area contributed by atoms with E-state index in [1.807, 2.05) is 38.1 Å². The first kappa shape index (κ1) is 14.5. The highest BCUT2D eigenvalue weighted by atomic mass is 19.1. The average molecular weight is 274 g/mol. The molecule has 0 spiro atoms. The Morgan fingerprint density at radius 3 is 2.55 bits per heavy atom. The van der Waals surface area contributed by atoms with Crippen molar-refractivity contribution in [3.05, 3.63) is 59.7 Å². The van der Waals surface area contributed by atoms with E-state index >= 15 is 0 Å². The minimum absolute atomic E-state index is 0.115. The predicted octanol–water partition coefficient (Wildman–Crippen LogP) is 3.24. The van der Waals surface area contributed by atoms with Gasteiger partial charge in [-0.15, -0.1) is 0 Å². The number of rotatable bonds is 5. The fourth-order valence-electron chi connectivity index (χ4n) is 2.20. The van der Waals surface area contributed by atoms with E-state index in [1.54, 1.807) is 6.07 Å². The van der Waals surface area contributed by atoms with Gasteiger partial charge in [-0.05, 0) is 37.1 Å². The van der Waals surface area contributed by atoms with Crippen LogP contribution < -0.4 is 5.32 Å². The third kappa shape index (κ3) is 2.80. The number of anilines is 1. The van der Waals surface area contributed by atoms with Crippen molar-refractivity contribution in [1.82, 2.24) is 4.98 Å². The first-order valence-electron chi connectivity index (χ1n) is 6.68. The van der Waals surface area contributed by atoms with Crippen molar-refractivity contribution in [3.8, 4) is 0 Å². The largest absolute Gasteiger partial charge is 0.394 e. The highest BCUT2D eigenvalue weighted by molar-refractivity contribution is 5.53. The van der Waals surface area contributed by atoms with Gasteiger partial charge in [0, 0.05) is 5.69 Å². The van der Waals surface area contributed by atoms with E-state index in [1.165, 1.54) is 12.3 Å². The third-order valence-electron chi connectivity index (χ3n) is 3.61. The molecule has 106 valence electrons. The summed E-state index contributed by atoms with van der Waals surface area (Å²) in [5.74, 6) is -0.382. The molecule has 0 aliphatic heterocycles. The number of hydrogen-bond donors (Lipinski definition) is 2. The Morgan fingerprint density at radius 1 is 1.25 bits per heavy atom. The van der Waals surface area contributed by atoms with Gasteiger partial charge in [-0.1, -0.05) is 25.1 Å². The number of aliphatic hydroxyl groups is 1. The summed E-state index contributed by atoms with van der Waals surface area (Å²) < 4.78 is 13.0. The van der Waals surface area contributed by atoms with E-state index in [0.29, 0.717) is 12.1 Å². The molecule has 2 rings (SSSR count). The molecule has 1 aromatic carbocycles. The second-order valence-corrected chi connectivity index (χ2v) is 4.90. The molecule has 0 radical (unpaired) electrons. The molecule has 1 aromatic heterocycles. The highest BCUT2D eigenvalue weighted by Crippen LogP contribution is 2.29. The summed E-state index contributed by atoms with van der Waals surface area (Å²) in [4.78, 5) is 4.12. The summed E-state index contributed by atoms with van der Waals surface area (Å²) in [5, 5.41) is 13.2. The minimum Gasteiger partial charge on any atom is -0.394 e. The predicted molar refractivity (Wildman–Crippen MR) is 78.1 cm³/mol. The third-order valence-corrected chi connectivity index (χ3v) is 3.61. The summed E-state index contributed by atoms with van der Waals surface area (Å²) >= 11 is 0. The Labute approximate surface area is 118 Å². The maximum atomic E-state index is 13.0. The fourth-order valence-corrected chi connectivity index (χ4v) is 2.20. The number of pyridine rings is 1. The molecule has 2 N–H and O–H groups in total. The van der Waals surface area contributed by atoms with E-state index in [-0.39, 0.29) is 12.4 Å². The van der Waals surface area contributed by atoms with E-state index in [4.69, 9.17) is 0 Å². The van der Waals surface area contributed by atoms with E-state index in [0.717, 1.165) is 11.3 Å². The second kappa shape index (κ2) is 6.01. The molecule has 4 heteroatoms. The van der Waals surface area contributed by atoms with Gasteiger partial charge in [0.05, 0.1) is 18.5 Å². The molecular weight excluding hydrogens is 255 g/mol. The molecule has 0 amide bonds. The van der Waals surface area contributed by atoms with Crippen molar-refractivity contribution in [2.24, 2.45) is 0 Å². The molecular formula is C16H19FN2O. The number of aryl methyl sites for hydroxylation is 1. The minimum atomic E-state index is -0.709. The molecule has 1 heterocycles. The van der Waals surface area contributed by atoms with E-state index in [2.05, 4.69) is 10.3 Å². The Kier molecular flexibility index (Phi) is 4.35. The monoisotopic (exact) mass is 274 g/mol. The van der Waals surface area contributed by atoms with Gasteiger partial charge in [0.1, 0.15) is 11.4 Å². The Bertz CT molecular complexity index is 565. The number of halogens is 1. The zero-order chi connectivity index (χ0) is 14.6. The normalized spacial score (nSPS) is 13.8. The number of benzene rings is 1. The number of hydrogen-bond acceptors (Lipinski definition) is 3. The van der Waals surface area contributed by atoms with Crippen molar-refractivity contribution in [1.29, 1.82) is 0 Å². The molecule has 0 fully saturated rings. The van der Waals surface area contributed by atoms with Crippen LogP contribution in [0, 0.1) is 12.7 Å². The first-order valence-corrected chi connectivity index (χ1v) is 6.68. The van der Waals surface area contributed by atoms with Crippen LogP contribution in [0.5, 0.6) is 0 Å². The lowest BCUT2D eigenvalue weighted by Gasteiger charge is -2.33. The van der Waals surface area contributed by atoms with Gasteiger partial charge in [-0.2, -0.15) is 0 Å². The Hall–Kier alpha value is -1.94. The summed E-state index contributed by atoms with van der Waals surface area (Å²) in [6, 6.07) is 10.8. The number of nitrogens with zero attached hydrogens (tertiary/aromatic N) is 1. The van der Waals surface area contributed by atoms with Crippen molar-refractivity contribution in [3.63, 3.8) is 0 Å². The fraction of sp³-hybridized carbons (Fsp3) is 0.312. The molecule has 20 heavy (non-hydrogen) atoms. The van der Waals surface area contributed by atoms with Crippen molar-refractivity contribution < 1.29 is 9.50 Å². The van der Waals surface area contributed by atoms with Crippen molar-refractivity contribution >= 4 is 5.69 Å². The van der Waals surface area contributed by atoms with Gasteiger partial charge in [0.2, 0.25) is 0 Å².